The normalized spacial score (nSPS) is 11.4. The summed E-state index contributed by atoms with van der Waals surface area (Å²) in [5, 5.41) is 11.1. The van der Waals surface area contributed by atoms with Crippen LogP contribution in [0.2, 0.25) is 0 Å². The van der Waals surface area contributed by atoms with Crippen LogP contribution in [0.25, 0.3) is 21.8 Å². The van der Waals surface area contributed by atoms with E-state index in [4.69, 9.17) is 5.73 Å². The second-order valence-corrected chi connectivity index (χ2v) is 6.69. The van der Waals surface area contributed by atoms with Crippen LogP contribution in [-0.4, -0.2) is 22.2 Å². The lowest BCUT2D eigenvalue weighted by molar-refractivity contribution is -0.0498. The fraction of sp³-hybridized carbons (Fsp3) is 0.136. The van der Waals surface area contributed by atoms with Crippen LogP contribution in [0, 0.1) is 0 Å². The molecule has 0 radical (unpaired) electrons. The van der Waals surface area contributed by atoms with Crippen molar-refractivity contribution in [3.63, 3.8) is 0 Å². The van der Waals surface area contributed by atoms with E-state index in [1.807, 2.05) is 28.8 Å². The molecule has 5 nitrogen and oxygen atoms in total. The first kappa shape index (κ1) is 18.9. The number of primary amides is 1. The zero-order valence-corrected chi connectivity index (χ0v) is 15.3. The lowest BCUT2D eigenvalue weighted by Gasteiger charge is -2.11. The number of rotatable bonds is 6. The van der Waals surface area contributed by atoms with Gasteiger partial charge < -0.3 is 20.1 Å². The van der Waals surface area contributed by atoms with E-state index in [1.165, 1.54) is 6.07 Å². The molecule has 3 N–H and O–H groups in total. The summed E-state index contributed by atoms with van der Waals surface area (Å²) >= 11 is 0. The van der Waals surface area contributed by atoms with Crippen molar-refractivity contribution in [1.82, 2.24) is 4.57 Å². The van der Waals surface area contributed by atoms with Gasteiger partial charge in [0.05, 0.1) is 12.1 Å². The van der Waals surface area contributed by atoms with Crippen molar-refractivity contribution in [2.24, 2.45) is 5.73 Å². The third-order valence-corrected chi connectivity index (χ3v) is 4.87. The maximum atomic E-state index is 12.6. The van der Waals surface area contributed by atoms with Crippen LogP contribution < -0.4 is 10.5 Å². The molecule has 3 aromatic carbocycles. The molecule has 0 unspecified atom stereocenters. The average molecular weight is 396 g/mol. The van der Waals surface area contributed by atoms with Gasteiger partial charge in [0.1, 0.15) is 5.75 Å². The van der Waals surface area contributed by atoms with E-state index < -0.39 is 12.5 Å². The first-order valence-electron chi connectivity index (χ1n) is 8.96. The van der Waals surface area contributed by atoms with E-state index in [1.54, 1.807) is 30.3 Å². The quantitative estimate of drug-likeness (QED) is 0.516. The van der Waals surface area contributed by atoms with Crippen molar-refractivity contribution in [2.45, 2.75) is 19.8 Å². The number of benzene rings is 3. The van der Waals surface area contributed by atoms with Gasteiger partial charge in [-0.15, -0.1) is 0 Å². The second-order valence-electron chi connectivity index (χ2n) is 6.69. The molecule has 1 heterocycles. The molecule has 0 aliphatic rings. The van der Waals surface area contributed by atoms with Gasteiger partial charge in [0.25, 0.3) is 0 Å². The number of ether oxygens (including phenoxy) is 1. The minimum absolute atomic E-state index is 0.0761. The second kappa shape index (κ2) is 7.52. The summed E-state index contributed by atoms with van der Waals surface area (Å²) < 4.78 is 31.6. The number of carbonyl (C=O) groups is 1. The number of amides is 1. The van der Waals surface area contributed by atoms with Gasteiger partial charge in [-0.2, -0.15) is 8.78 Å². The summed E-state index contributed by atoms with van der Waals surface area (Å²) in [7, 11) is 0. The summed E-state index contributed by atoms with van der Waals surface area (Å²) in [4.78, 5) is 12.0. The monoisotopic (exact) mass is 396 g/mol. The maximum absolute atomic E-state index is 12.6. The van der Waals surface area contributed by atoms with Gasteiger partial charge in [-0.25, -0.2) is 0 Å². The molecule has 0 fully saturated rings. The topological polar surface area (TPSA) is 77.5 Å². The lowest BCUT2D eigenvalue weighted by Crippen LogP contribution is -2.11. The fourth-order valence-electron chi connectivity index (χ4n) is 3.67. The Kier molecular flexibility index (Phi) is 4.90. The van der Waals surface area contributed by atoms with Crippen LogP contribution >= 0.6 is 0 Å². The van der Waals surface area contributed by atoms with Crippen molar-refractivity contribution in [2.75, 3.05) is 0 Å². The maximum Gasteiger partial charge on any atom is 0.387 e. The molecule has 4 aromatic rings. The first-order chi connectivity index (χ1) is 14.0. The van der Waals surface area contributed by atoms with Crippen LogP contribution in [0.15, 0.2) is 60.7 Å². The lowest BCUT2D eigenvalue weighted by atomic mass is 10.0. The average Bonchev–Trinajstić information content (AvgIpc) is 3.00. The van der Waals surface area contributed by atoms with Crippen molar-refractivity contribution < 1.29 is 23.4 Å². The van der Waals surface area contributed by atoms with Crippen molar-refractivity contribution in [3.8, 4) is 5.75 Å². The Hall–Kier alpha value is -3.45. The number of nitrogens with two attached hydrogens (primary N) is 1. The van der Waals surface area contributed by atoms with Gasteiger partial charge in [0, 0.05) is 28.4 Å². The van der Waals surface area contributed by atoms with Crippen LogP contribution in [0.5, 0.6) is 5.75 Å². The minimum Gasteiger partial charge on any atom is -0.435 e. The van der Waals surface area contributed by atoms with Crippen LogP contribution in [0.1, 0.15) is 21.5 Å². The minimum atomic E-state index is -2.90. The molecule has 4 rings (SSSR count). The van der Waals surface area contributed by atoms with Gasteiger partial charge in [0.2, 0.25) is 5.91 Å². The molecule has 29 heavy (non-hydrogen) atoms. The molecule has 0 saturated heterocycles. The van der Waals surface area contributed by atoms with E-state index >= 15 is 0 Å². The molecule has 1 amide bonds. The zero-order valence-electron chi connectivity index (χ0n) is 15.3. The standard InChI is InChI=1S/C22H18F2N2O3/c23-22(24)29-15-4-1-3-13(9-15)11-26-18-6-2-5-17(21(25)28)20(18)16-8-7-14(12-27)10-19(16)26/h1-10,22,27H,11-12H2,(H2,25,28). The van der Waals surface area contributed by atoms with Gasteiger partial charge in [-0.3, -0.25) is 4.79 Å². The van der Waals surface area contributed by atoms with Gasteiger partial charge in [-0.05, 0) is 41.5 Å². The highest BCUT2D eigenvalue weighted by Gasteiger charge is 2.17. The third kappa shape index (κ3) is 3.52. The van der Waals surface area contributed by atoms with Crippen molar-refractivity contribution >= 4 is 27.7 Å². The molecule has 0 bridgehead atoms. The summed E-state index contributed by atoms with van der Waals surface area (Å²) in [6, 6.07) is 17.3. The molecule has 1 aromatic heterocycles. The predicted octanol–water partition coefficient (Wildman–Crippen LogP) is 4.04. The number of alkyl halides is 2. The number of aromatic nitrogens is 1. The summed E-state index contributed by atoms with van der Waals surface area (Å²) in [6.45, 7) is -2.67. The molecule has 0 spiro atoms. The van der Waals surface area contributed by atoms with E-state index in [2.05, 4.69) is 4.74 Å². The number of hydrogen-bond donors (Lipinski definition) is 2. The highest BCUT2D eigenvalue weighted by atomic mass is 19.3. The van der Waals surface area contributed by atoms with Gasteiger partial charge >= 0.3 is 6.61 Å². The molecular formula is C22H18F2N2O3. The number of halogens is 2. The number of aliphatic hydroxyl groups is 1. The van der Waals surface area contributed by atoms with Crippen LogP contribution in [0.4, 0.5) is 8.78 Å². The Bertz CT molecular complexity index is 1220. The van der Waals surface area contributed by atoms with E-state index in [0.717, 1.165) is 32.9 Å². The molecule has 0 atom stereocenters. The van der Waals surface area contributed by atoms with Gasteiger partial charge in [0.15, 0.2) is 0 Å². The van der Waals surface area contributed by atoms with Gasteiger partial charge in [-0.1, -0.05) is 30.3 Å². The highest BCUT2D eigenvalue weighted by molar-refractivity contribution is 6.17. The van der Waals surface area contributed by atoms with E-state index in [9.17, 15) is 18.7 Å². The number of aliphatic hydroxyl groups excluding tert-OH is 1. The van der Waals surface area contributed by atoms with Crippen LogP contribution in [0.3, 0.4) is 0 Å². The summed E-state index contributed by atoms with van der Waals surface area (Å²) in [6.07, 6.45) is 0. The predicted molar refractivity (Wildman–Crippen MR) is 106 cm³/mol. The Morgan fingerprint density at radius 3 is 2.55 bits per heavy atom. The largest absolute Gasteiger partial charge is 0.435 e. The van der Waals surface area contributed by atoms with E-state index in [0.29, 0.717) is 12.1 Å². The fourth-order valence-corrected chi connectivity index (χ4v) is 3.67. The third-order valence-electron chi connectivity index (χ3n) is 4.87. The number of hydrogen-bond acceptors (Lipinski definition) is 3. The number of nitrogens with zero attached hydrogens (tertiary/aromatic N) is 1. The SMILES string of the molecule is NC(=O)c1cccc2c1c1ccc(CO)cc1n2Cc1cccc(OC(F)F)c1. The number of fused-ring (bicyclic) bond motifs is 3. The van der Waals surface area contributed by atoms with E-state index in [-0.39, 0.29) is 12.4 Å². The Morgan fingerprint density at radius 2 is 1.83 bits per heavy atom. The van der Waals surface area contributed by atoms with Crippen LogP contribution in [-0.2, 0) is 13.2 Å². The van der Waals surface area contributed by atoms with Crippen molar-refractivity contribution in [3.05, 3.63) is 77.4 Å². The Balaban J connectivity index is 1.93. The molecule has 0 saturated carbocycles. The zero-order chi connectivity index (χ0) is 20.5. The summed E-state index contributed by atoms with van der Waals surface area (Å²) in [5.41, 5.74) is 9.04. The molecule has 7 heteroatoms. The molecule has 0 aliphatic carbocycles. The molecule has 0 aliphatic heterocycles. The highest BCUT2D eigenvalue weighted by Crippen LogP contribution is 2.33. The Labute approximate surface area is 164 Å². The molecule has 148 valence electrons. The first-order valence-corrected chi connectivity index (χ1v) is 8.96. The van der Waals surface area contributed by atoms with Crippen molar-refractivity contribution in [1.29, 1.82) is 0 Å². The Morgan fingerprint density at radius 1 is 1.03 bits per heavy atom. The number of carbonyl (C=O) groups excluding carboxylic acids is 1. The smallest absolute Gasteiger partial charge is 0.387 e. The molecular weight excluding hydrogens is 378 g/mol. The summed E-state index contributed by atoms with van der Waals surface area (Å²) in [5.74, 6) is -0.458.